The van der Waals surface area contributed by atoms with Gasteiger partial charge in [0.25, 0.3) is 0 Å². The lowest BCUT2D eigenvalue weighted by Gasteiger charge is -2.13. The van der Waals surface area contributed by atoms with Gasteiger partial charge in [0, 0.05) is 23.0 Å². The van der Waals surface area contributed by atoms with Gasteiger partial charge in [-0.05, 0) is 19.1 Å². The number of thiazole rings is 1. The molecule has 98 valence electrons. The monoisotopic (exact) mass is 264 g/mol. The van der Waals surface area contributed by atoms with E-state index in [2.05, 4.69) is 38.0 Å². The third-order valence-electron chi connectivity index (χ3n) is 2.75. The van der Waals surface area contributed by atoms with Gasteiger partial charge in [-0.25, -0.2) is 4.98 Å². The normalized spacial score (nSPS) is 13.8. The quantitative estimate of drug-likeness (QED) is 0.910. The summed E-state index contributed by atoms with van der Waals surface area (Å²) in [7, 11) is 0. The zero-order valence-corrected chi connectivity index (χ0v) is 12.2. The SMILES string of the molecule is C[C@H](NCc1cnc(C(C)(C)C)s1)c1ccco1. The highest BCUT2D eigenvalue weighted by Gasteiger charge is 2.18. The van der Waals surface area contributed by atoms with E-state index in [4.69, 9.17) is 4.42 Å². The van der Waals surface area contributed by atoms with Crippen molar-refractivity contribution in [2.24, 2.45) is 0 Å². The number of hydrogen-bond acceptors (Lipinski definition) is 4. The van der Waals surface area contributed by atoms with E-state index < -0.39 is 0 Å². The highest BCUT2D eigenvalue weighted by molar-refractivity contribution is 7.11. The molecule has 18 heavy (non-hydrogen) atoms. The topological polar surface area (TPSA) is 38.1 Å². The summed E-state index contributed by atoms with van der Waals surface area (Å²) in [6, 6.07) is 4.13. The molecule has 2 aromatic heterocycles. The number of rotatable bonds is 4. The molecule has 0 amide bonds. The molecule has 1 atom stereocenters. The molecule has 0 radical (unpaired) electrons. The molecule has 2 heterocycles. The summed E-state index contributed by atoms with van der Waals surface area (Å²) < 4.78 is 5.37. The lowest BCUT2D eigenvalue weighted by molar-refractivity contribution is 0.431. The van der Waals surface area contributed by atoms with Gasteiger partial charge in [-0.2, -0.15) is 0 Å². The van der Waals surface area contributed by atoms with Gasteiger partial charge in [-0.1, -0.05) is 20.8 Å². The molecule has 0 fully saturated rings. The Morgan fingerprint density at radius 3 is 2.78 bits per heavy atom. The van der Waals surface area contributed by atoms with Crippen molar-refractivity contribution in [3.05, 3.63) is 40.2 Å². The Hall–Kier alpha value is -1.13. The van der Waals surface area contributed by atoms with Crippen LogP contribution in [0, 0.1) is 0 Å². The lowest BCUT2D eigenvalue weighted by atomic mass is 9.98. The second-order valence-electron chi connectivity index (χ2n) is 5.50. The maximum atomic E-state index is 5.37. The predicted octanol–water partition coefficient (Wildman–Crippen LogP) is 3.88. The Morgan fingerprint density at radius 1 is 1.44 bits per heavy atom. The van der Waals surface area contributed by atoms with Gasteiger partial charge in [-0.3, -0.25) is 0 Å². The van der Waals surface area contributed by atoms with E-state index in [1.165, 1.54) is 9.88 Å². The van der Waals surface area contributed by atoms with Crippen LogP contribution in [0.15, 0.2) is 29.0 Å². The van der Waals surface area contributed by atoms with Crippen LogP contribution in [0.3, 0.4) is 0 Å². The maximum absolute atomic E-state index is 5.37. The third kappa shape index (κ3) is 3.21. The van der Waals surface area contributed by atoms with Crippen molar-refractivity contribution < 1.29 is 4.42 Å². The Morgan fingerprint density at radius 2 is 2.22 bits per heavy atom. The van der Waals surface area contributed by atoms with Crippen LogP contribution in [-0.4, -0.2) is 4.98 Å². The molecule has 0 saturated carbocycles. The summed E-state index contributed by atoms with van der Waals surface area (Å²) in [6.07, 6.45) is 3.67. The molecule has 4 heteroatoms. The molecular weight excluding hydrogens is 244 g/mol. The molecular formula is C14H20N2OS. The van der Waals surface area contributed by atoms with Crippen LogP contribution in [0.1, 0.15) is 49.4 Å². The van der Waals surface area contributed by atoms with Crippen molar-refractivity contribution in [2.45, 2.75) is 45.7 Å². The predicted molar refractivity (Wildman–Crippen MR) is 74.8 cm³/mol. The summed E-state index contributed by atoms with van der Waals surface area (Å²) in [4.78, 5) is 5.75. The molecule has 3 nitrogen and oxygen atoms in total. The van der Waals surface area contributed by atoms with E-state index in [1.807, 2.05) is 18.3 Å². The largest absolute Gasteiger partial charge is 0.468 e. The number of hydrogen-bond donors (Lipinski definition) is 1. The Labute approximate surface area is 112 Å². The fourth-order valence-electron chi connectivity index (χ4n) is 1.63. The average Bonchev–Trinajstić information content (AvgIpc) is 2.96. The standard InChI is InChI=1S/C14H20N2OS/c1-10(12-6-5-7-17-12)15-8-11-9-16-13(18-11)14(2,3)4/h5-7,9-10,15H,8H2,1-4H3/t10-/m0/s1. The molecule has 0 aliphatic carbocycles. The van der Waals surface area contributed by atoms with Crippen LogP contribution in [0.2, 0.25) is 0 Å². The van der Waals surface area contributed by atoms with Gasteiger partial charge in [-0.15, -0.1) is 11.3 Å². The highest BCUT2D eigenvalue weighted by atomic mass is 32.1. The lowest BCUT2D eigenvalue weighted by Crippen LogP contribution is -2.16. The number of aromatic nitrogens is 1. The summed E-state index contributed by atoms with van der Waals surface area (Å²) >= 11 is 1.77. The van der Waals surface area contributed by atoms with Gasteiger partial charge >= 0.3 is 0 Å². The average molecular weight is 264 g/mol. The second kappa shape index (κ2) is 5.24. The highest BCUT2D eigenvalue weighted by Crippen LogP contribution is 2.27. The number of nitrogens with one attached hydrogen (secondary N) is 1. The smallest absolute Gasteiger partial charge is 0.120 e. The van der Waals surface area contributed by atoms with Crippen LogP contribution in [-0.2, 0) is 12.0 Å². The fraction of sp³-hybridized carbons (Fsp3) is 0.500. The van der Waals surface area contributed by atoms with E-state index >= 15 is 0 Å². The van der Waals surface area contributed by atoms with Crippen molar-refractivity contribution >= 4 is 11.3 Å². The van der Waals surface area contributed by atoms with Gasteiger partial charge in [0.1, 0.15) is 5.76 Å². The van der Waals surface area contributed by atoms with Crippen molar-refractivity contribution in [3.63, 3.8) is 0 Å². The van der Waals surface area contributed by atoms with Crippen molar-refractivity contribution in [1.29, 1.82) is 0 Å². The first-order valence-corrected chi connectivity index (χ1v) is 7.00. The van der Waals surface area contributed by atoms with Crippen LogP contribution in [0.4, 0.5) is 0 Å². The molecule has 0 bridgehead atoms. The summed E-state index contributed by atoms with van der Waals surface area (Å²) in [5, 5.41) is 4.63. The van der Waals surface area contributed by atoms with E-state index in [0.29, 0.717) is 0 Å². The molecule has 0 aliphatic rings. The van der Waals surface area contributed by atoms with E-state index in [1.54, 1.807) is 17.6 Å². The minimum atomic E-state index is 0.134. The Bertz CT molecular complexity index is 482. The van der Waals surface area contributed by atoms with Gasteiger partial charge in [0.2, 0.25) is 0 Å². The van der Waals surface area contributed by atoms with Crippen LogP contribution < -0.4 is 5.32 Å². The van der Waals surface area contributed by atoms with Crippen molar-refractivity contribution in [2.75, 3.05) is 0 Å². The Balaban J connectivity index is 1.93. The van der Waals surface area contributed by atoms with E-state index in [9.17, 15) is 0 Å². The molecule has 2 rings (SSSR count). The first-order chi connectivity index (χ1) is 8.47. The maximum Gasteiger partial charge on any atom is 0.120 e. The zero-order chi connectivity index (χ0) is 13.2. The van der Waals surface area contributed by atoms with Gasteiger partial charge in [0.05, 0.1) is 17.3 Å². The second-order valence-corrected chi connectivity index (χ2v) is 6.61. The van der Waals surface area contributed by atoms with Crippen molar-refractivity contribution in [1.82, 2.24) is 10.3 Å². The molecule has 2 aromatic rings. The molecule has 0 aromatic carbocycles. The van der Waals surface area contributed by atoms with E-state index in [-0.39, 0.29) is 11.5 Å². The first-order valence-electron chi connectivity index (χ1n) is 6.19. The van der Waals surface area contributed by atoms with Crippen LogP contribution >= 0.6 is 11.3 Å². The third-order valence-corrected chi connectivity index (χ3v) is 4.17. The molecule has 0 spiro atoms. The number of nitrogens with zero attached hydrogens (tertiary/aromatic N) is 1. The minimum absolute atomic E-state index is 0.134. The van der Waals surface area contributed by atoms with Crippen LogP contribution in [0.25, 0.3) is 0 Å². The molecule has 0 aliphatic heterocycles. The molecule has 0 unspecified atom stereocenters. The first kappa shape index (κ1) is 13.3. The van der Waals surface area contributed by atoms with E-state index in [0.717, 1.165) is 12.3 Å². The zero-order valence-electron chi connectivity index (χ0n) is 11.4. The minimum Gasteiger partial charge on any atom is -0.468 e. The Kier molecular flexibility index (Phi) is 3.88. The summed E-state index contributed by atoms with van der Waals surface area (Å²) in [6.45, 7) is 9.50. The van der Waals surface area contributed by atoms with Gasteiger partial charge in [0.15, 0.2) is 0 Å². The molecule has 1 N–H and O–H groups in total. The number of furan rings is 1. The summed E-state index contributed by atoms with van der Waals surface area (Å²) in [5.41, 5.74) is 0.134. The molecule has 0 saturated heterocycles. The van der Waals surface area contributed by atoms with Gasteiger partial charge < -0.3 is 9.73 Å². The van der Waals surface area contributed by atoms with Crippen LogP contribution in [0.5, 0.6) is 0 Å². The van der Waals surface area contributed by atoms with Crippen molar-refractivity contribution in [3.8, 4) is 0 Å². The summed E-state index contributed by atoms with van der Waals surface area (Å²) in [5.74, 6) is 0.968. The fourth-order valence-corrected chi connectivity index (χ4v) is 2.55.